The standard InChI is InChI=1S/C11H11ClO5S/c1-16-11(13)8-4-5-17-10-3-2-7(6-9(8)10)18(12,14)15/h2-3,6,8H,4-5H2,1H3/t8-/m1/s1. The maximum absolute atomic E-state index is 11.6. The SMILES string of the molecule is COC(=O)[C@@H]1CCOc2ccc(S(=O)(=O)Cl)cc21. The van der Waals surface area contributed by atoms with E-state index in [1.807, 2.05) is 0 Å². The van der Waals surface area contributed by atoms with Crippen LogP contribution in [0.5, 0.6) is 5.75 Å². The number of hydrogen-bond acceptors (Lipinski definition) is 5. The second-order valence-corrected chi connectivity index (χ2v) is 6.42. The number of rotatable bonds is 2. The quantitative estimate of drug-likeness (QED) is 0.612. The summed E-state index contributed by atoms with van der Waals surface area (Å²) in [5, 5.41) is 0. The van der Waals surface area contributed by atoms with Gasteiger partial charge in [-0.2, -0.15) is 0 Å². The molecule has 18 heavy (non-hydrogen) atoms. The van der Waals surface area contributed by atoms with Crippen molar-refractivity contribution < 1.29 is 22.7 Å². The predicted octanol–water partition coefficient (Wildman–Crippen LogP) is 1.65. The van der Waals surface area contributed by atoms with Crippen LogP contribution in [0.1, 0.15) is 17.9 Å². The van der Waals surface area contributed by atoms with Gasteiger partial charge in [-0.15, -0.1) is 0 Å². The summed E-state index contributed by atoms with van der Waals surface area (Å²) in [6, 6.07) is 4.21. The van der Waals surface area contributed by atoms with Gasteiger partial charge in [0, 0.05) is 16.2 Å². The zero-order chi connectivity index (χ0) is 13.3. The van der Waals surface area contributed by atoms with Crippen molar-refractivity contribution in [2.75, 3.05) is 13.7 Å². The Labute approximate surface area is 109 Å². The van der Waals surface area contributed by atoms with E-state index in [4.69, 9.17) is 20.2 Å². The molecule has 98 valence electrons. The largest absolute Gasteiger partial charge is 0.493 e. The van der Waals surface area contributed by atoms with Gasteiger partial charge in [0.1, 0.15) is 5.75 Å². The second-order valence-electron chi connectivity index (χ2n) is 3.85. The molecule has 0 fully saturated rings. The molecule has 1 aromatic carbocycles. The summed E-state index contributed by atoms with van der Waals surface area (Å²) in [5.41, 5.74) is 0.495. The van der Waals surface area contributed by atoms with Crippen LogP contribution < -0.4 is 4.74 Å². The molecular weight excluding hydrogens is 280 g/mol. The Morgan fingerprint density at radius 2 is 2.22 bits per heavy atom. The molecule has 1 aromatic rings. The van der Waals surface area contributed by atoms with Gasteiger partial charge in [-0.3, -0.25) is 4.79 Å². The van der Waals surface area contributed by atoms with E-state index in [2.05, 4.69) is 0 Å². The molecule has 0 saturated heterocycles. The smallest absolute Gasteiger partial charge is 0.313 e. The average molecular weight is 291 g/mol. The van der Waals surface area contributed by atoms with E-state index in [-0.39, 0.29) is 4.90 Å². The summed E-state index contributed by atoms with van der Waals surface area (Å²) in [4.78, 5) is 11.6. The lowest BCUT2D eigenvalue weighted by molar-refractivity contribution is -0.143. The first-order chi connectivity index (χ1) is 8.43. The summed E-state index contributed by atoms with van der Waals surface area (Å²) in [5.74, 6) is -0.443. The lowest BCUT2D eigenvalue weighted by atomic mass is 9.93. The zero-order valence-corrected chi connectivity index (χ0v) is 11.1. The molecule has 0 unspecified atom stereocenters. The van der Waals surface area contributed by atoms with Crippen LogP contribution in [0.15, 0.2) is 23.1 Å². The van der Waals surface area contributed by atoms with Crippen LogP contribution >= 0.6 is 10.7 Å². The first-order valence-corrected chi connectivity index (χ1v) is 7.53. The van der Waals surface area contributed by atoms with Crippen LogP contribution in [0.3, 0.4) is 0 Å². The Kier molecular flexibility index (Phi) is 3.49. The fourth-order valence-electron chi connectivity index (χ4n) is 1.91. The molecule has 1 atom stereocenters. The van der Waals surface area contributed by atoms with Gasteiger partial charge in [0.05, 0.1) is 24.5 Å². The molecule has 0 saturated carbocycles. The van der Waals surface area contributed by atoms with Crippen molar-refractivity contribution in [2.45, 2.75) is 17.2 Å². The number of ether oxygens (including phenoxy) is 2. The molecule has 0 spiro atoms. The third-order valence-corrected chi connectivity index (χ3v) is 4.14. The summed E-state index contributed by atoms with van der Waals surface area (Å²) in [6.07, 6.45) is 0.450. The highest BCUT2D eigenvalue weighted by molar-refractivity contribution is 8.13. The topological polar surface area (TPSA) is 69.7 Å². The Hall–Kier alpha value is -1.27. The first-order valence-electron chi connectivity index (χ1n) is 5.22. The number of benzene rings is 1. The maximum Gasteiger partial charge on any atom is 0.313 e. The van der Waals surface area contributed by atoms with Gasteiger partial charge in [-0.1, -0.05) is 0 Å². The van der Waals surface area contributed by atoms with Crippen molar-refractivity contribution in [3.63, 3.8) is 0 Å². The van der Waals surface area contributed by atoms with Crippen LogP contribution in [0, 0.1) is 0 Å². The van der Waals surface area contributed by atoms with Gasteiger partial charge in [-0.05, 0) is 24.6 Å². The monoisotopic (exact) mass is 290 g/mol. The van der Waals surface area contributed by atoms with E-state index in [1.54, 1.807) is 0 Å². The molecule has 7 heteroatoms. The van der Waals surface area contributed by atoms with Crippen molar-refractivity contribution in [3.8, 4) is 5.75 Å². The zero-order valence-electron chi connectivity index (χ0n) is 9.55. The van der Waals surface area contributed by atoms with Gasteiger partial charge >= 0.3 is 5.97 Å². The average Bonchev–Trinajstić information content (AvgIpc) is 2.35. The van der Waals surface area contributed by atoms with Crippen molar-refractivity contribution in [1.29, 1.82) is 0 Å². The molecule has 5 nitrogen and oxygen atoms in total. The molecule has 0 N–H and O–H groups in total. The van der Waals surface area contributed by atoms with E-state index < -0.39 is 20.9 Å². The minimum absolute atomic E-state index is 0.0534. The van der Waals surface area contributed by atoms with E-state index in [1.165, 1.54) is 25.3 Å². The number of carbonyl (C=O) groups is 1. The van der Waals surface area contributed by atoms with Crippen LogP contribution in [-0.2, 0) is 18.6 Å². The summed E-state index contributed by atoms with van der Waals surface area (Å²) < 4.78 is 32.6. The van der Waals surface area contributed by atoms with Crippen LogP contribution in [0.4, 0.5) is 0 Å². The van der Waals surface area contributed by atoms with E-state index >= 15 is 0 Å². The third-order valence-electron chi connectivity index (χ3n) is 2.79. The van der Waals surface area contributed by atoms with Crippen LogP contribution in [0.2, 0.25) is 0 Å². The highest BCUT2D eigenvalue weighted by Gasteiger charge is 2.29. The molecule has 1 heterocycles. The van der Waals surface area contributed by atoms with Gasteiger partial charge < -0.3 is 9.47 Å². The van der Waals surface area contributed by atoms with Gasteiger partial charge in [0.2, 0.25) is 0 Å². The number of hydrogen-bond donors (Lipinski definition) is 0. The van der Waals surface area contributed by atoms with Crippen LogP contribution in [-0.4, -0.2) is 28.1 Å². The van der Waals surface area contributed by atoms with E-state index in [0.717, 1.165) is 0 Å². The number of methoxy groups -OCH3 is 1. The normalized spacial score (nSPS) is 18.7. The summed E-state index contributed by atoms with van der Waals surface area (Å²) in [6.45, 7) is 0.389. The first kappa shape index (κ1) is 13.2. The van der Waals surface area contributed by atoms with E-state index in [9.17, 15) is 13.2 Å². The van der Waals surface area contributed by atoms with Gasteiger partial charge in [0.25, 0.3) is 9.05 Å². The molecule has 1 aliphatic heterocycles. The van der Waals surface area contributed by atoms with Crippen molar-refractivity contribution in [1.82, 2.24) is 0 Å². The lowest BCUT2D eigenvalue weighted by Crippen LogP contribution is -2.22. The Balaban J connectivity index is 2.51. The summed E-state index contributed by atoms with van der Waals surface area (Å²) >= 11 is 0. The Bertz CT molecular complexity index is 581. The van der Waals surface area contributed by atoms with Gasteiger partial charge in [0.15, 0.2) is 0 Å². The molecule has 0 aliphatic carbocycles. The Morgan fingerprint density at radius 3 is 2.83 bits per heavy atom. The highest BCUT2D eigenvalue weighted by atomic mass is 35.7. The maximum atomic E-state index is 11.6. The number of esters is 1. The molecule has 2 rings (SSSR count). The summed E-state index contributed by atoms with van der Waals surface area (Å²) in [7, 11) is 2.74. The van der Waals surface area contributed by atoms with Crippen LogP contribution in [0.25, 0.3) is 0 Å². The minimum Gasteiger partial charge on any atom is -0.493 e. The fourth-order valence-corrected chi connectivity index (χ4v) is 2.70. The molecule has 0 radical (unpaired) electrons. The lowest BCUT2D eigenvalue weighted by Gasteiger charge is -2.24. The molecular formula is C11H11ClO5S. The third kappa shape index (κ3) is 2.44. The van der Waals surface area contributed by atoms with Gasteiger partial charge in [-0.25, -0.2) is 8.42 Å². The molecule has 0 bridgehead atoms. The fraction of sp³-hybridized carbons (Fsp3) is 0.364. The molecule has 0 aromatic heterocycles. The highest BCUT2D eigenvalue weighted by Crippen LogP contribution is 2.36. The molecule has 0 amide bonds. The Morgan fingerprint density at radius 1 is 1.50 bits per heavy atom. The minimum atomic E-state index is -3.83. The predicted molar refractivity (Wildman–Crippen MR) is 64.3 cm³/mol. The van der Waals surface area contributed by atoms with Crippen molar-refractivity contribution in [2.24, 2.45) is 0 Å². The van der Waals surface area contributed by atoms with Crippen molar-refractivity contribution >= 4 is 25.7 Å². The number of fused-ring (bicyclic) bond motifs is 1. The van der Waals surface area contributed by atoms with E-state index in [0.29, 0.717) is 24.3 Å². The number of halogens is 1. The molecule has 1 aliphatic rings. The number of carbonyl (C=O) groups excluding carboxylic acids is 1. The second kappa shape index (κ2) is 4.78. The van der Waals surface area contributed by atoms with Crippen molar-refractivity contribution in [3.05, 3.63) is 23.8 Å².